The summed E-state index contributed by atoms with van der Waals surface area (Å²) in [6.45, 7) is 5.96. The molecule has 0 aromatic heterocycles. The molecule has 0 aliphatic heterocycles. The summed E-state index contributed by atoms with van der Waals surface area (Å²) in [6.07, 6.45) is 0.279. The molecule has 2 rings (SSSR count). The van der Waals surface area contributed by atoms with Crippen molar-refractivity contribution in [3.63, 3.8) is 0 Å². The zero-order chi connectivity index (χ0) is 15.6. The Morgan fingerprint density at radius 2 is 1.52 bits per heavy atom. The van der Waals surface area contributed by atoms with E-state index in [2.05, 4.69) is 0 Å². The van der Waals surface area contributed by atoms with Gasteiger partial charge in [-0.05, 0) is 49.4 Å². The lowest BCUT2D eigenvalue weighted by atomic mass is 9.94. The van der Waals surface area contributed by atoms with E-state index in [0.29, 0.717) is 5.56 Å². The first-order valence-corrected chi connectivity index (χ1v) is 8.37. The Hall–Kier alpha value is -1.65. The predicted molar refractivity (Wildman–Crippen MR) is 85.1 cm³/mol. The molecule has 4 heteroatoms. The monoisotopic (exact) mass is 304 g/mol. The summed E-state index contributed by atoms with van der Waals surface area (Å²) in [4.78, 5) is 0. The van der Waals surface area contributed by atoms with Gasteiger partial charge in [0.1, 0.15) is 5.25 Å². The maximum Gasteiger partial charge on any atom is 0.272 e. The summed E-state index contributed by atoms with van der Waals surface area (Å²) in [7, 11) is -4.16. The van der Waals surface area contributed by atoms with Crippen molar-refractivity contribution >= 4 is 10.1 Å². The van der Waals surface area contributed by atoms with Gasteiger partial charge in [-0.3, -0.25) is 4.55 Å². The van der Waals surface area contributed by atoms with Crippen molar-refractivity contribution in [2.45, 2.75) is 32.4 Å². The second kappa shape index (κ2) is 6.00. The summed E-state index contributed by atoms with van der Waals surface area (Å²) in [5.41, 5.74) is 4.84. The smallest absolute Gasteiger partial charge is 0.272 e. The molecule has 0 bridgehead atoms. The van der Waals surface area contributed by atoms with Gasteiger partial charge in [-0.25, -0.2) is 0 Å². The van der Waals surface area contributed by atoms with E-state index < -0.39 is 15.4 Å². The van der Waals surface area contributed by atoms with E-state index in [9.17, 15) is 13.0 Å². The minimum absolute atomic E-state index is 0.279. The van der Waals surface area contributed by atoms with Crippen LogP contribution in [0.5, 0.6) is 0 Å². The Labute approximate surface area is 126 Å². The van der Waals surface area contributed by atoms with Gasteiger partial charge in [0.25, 0.3) is 10.1 Å². The van der Waals surface area contributed by atoms with E-state index >= 15 is 0 Å². The minimum Gasteiger partial charge on any atom is -0.285 e. The topological polar surface area (TPSA) is 54.4 Å². The Kier molecular flexibility index (Phi) is 4.49. The van der Waals surface area contributed by atoms with Crippen molar-refractivity contribution in [1.82, 2.24) is 0 Å². The number of rotatable bonds is 4. The highest BCUT2D eigenvalue weighted by Gasteiger charge is 2.26. The van der Waals surface area contributed by atoms with Crippen LogP contribution in [0.15, 0.2) is 42.5 Å². The fourth-order valence-corrected chi connectivity index (χ4v) is 3.66. The van der Waals surface area contributed by atoms with Crippen molar-refractivity contribution in [3.05, 3.63) is 70.3 Å². The highest BCUT2D eigenvalue weighted by atomic mass is 32.2. The second-order valence-electron chi connectivity index (χ2n) is 5.50. The molecule has 3 nitrogen and oxygen atoms in total. The molecule has 0 heterocycles. The van der Waals surface area contributed by atoms with Gasteiger partial charge in [-0.15, -0.1) is 0 Å². The van der Waals surface area contributed by atoms with Crippen LogP contribution in [0, 0.1) is 20.8 Å². The maximum atomic E-state index is 11.8. The van der Waals surface area contributed by atoms with Gasteiger partial charge in [0.15, 0.2) is 0 Å². The molecule has 0 saturated carbocycles. The molecule has 21 heavy (non-hydrogen) atoms. The lowest BCUT2D eigenvalue weighted by Crippen LogP contribution is -2.16. The zero-order valence-corrected chi connectivity index (χ0v) is 13.3. The Morgan fingerprint density at radius 1 is 1.00 bits per heavy atom. The van der Waals surface area contributed by atoms with Gasteiger partial charge < -0.3 is 0 Å². The van der Waals surface area contributed by atoms with Gasteiger partial charge in [-0.1, -0.05) is 48.0 Å². The zero-order valence-electron chi connectivity index (χ0n) is 12.5. The van der Waals surface area contributed by atoms with Crippen molar-refractivity contribution in [2.24, 2.45) is 0 Å². The van der Waals surface area contributed by atoms with Crippen LogP contribution < -0.4 is 0 Å². The standard InChI is InChI=1S/C17H20O3S/c1-12-9-13(2)16(14(3)10-12)11-17(21(18,19)20)15-7-5-4-6-8-15/h4-10,17H,11H2,1-3H3,(H,18,19,20). The van der Waals surface area contributed by atoms with E-state index in [-0.39, 0.29) is 6.42 Å². The molecule has 1 N–H and O–H groups in total. The summed E-state index contributed by atoms with van der Waals surface area (Å²) >= 11 is 0. The van der Waals surface area contributed by atoms with Gasteiger partial charge in [0.2, 0.25) is 0 Å². The van der Waals surface area contributed by atoms with Crippen molar-refractivity contribution < 1.29 is 13.0 Å². The predicted octanol–water partition coefficient (Wildman–Crippen LogP) is 3.78. The van der Waals surface area contributed by atoms with Crippen molar-refractivity contribution in [3.8, 4) is 0 Å². The van der Waals surface area contributed by atoms with E-state index in [0.717, 1.165) is 22.3 Å². The first-order chi connectivity index (χ1) is 9.79. The molecule has 0 aliphatic rings. The average molecular weight is 304 g/mol. The quantitative estimate of drug-likeness (QED) is 0.874. The molecule has 112 valence electrons. The largest absolute Gasteiger partial charge is 0.285 e. The molecule has 1 atom stereocenters. The van der Waals surface area contributed by atoms with Crippen molar-refractivity contribution in [2.75, 3.05) is 0 Å². The molecule has 2 aromatic rings. The summed E-state index contributed by atoms with van der Waals surface area (Å²) in [6, 6.07) is 12.9. The first-order valence-electron chi connectivity index (χ1n) is 6.87. The van der Waals surface area contributed by atoms with Crippen LogP contribution in [0.25, 0.3) is 0 Å². The fourth-order valence-electron chi connectivity index (χ4n) is 2.78. The first kappa shape index (κ1) is 15.7. The molecule has 0 spiro atoms. The molecule has 0 fully saturated rings. The van der Waals surface area contributed by atoms with Gasteiger partial charge in [0.05, 0.1) is 0 Å². The molecule has 0 radical (unpaired) electrons. The highest BCUT2D eigenvalue weighted by molar-refractivity contribution is 7.86. The van der Waals surface area contributed by atoms with Crippen molar-refractivity contribution in [1.29, 1.82) is 0 Å². The van der Waals surface area contributed by atoms with Crippen LogP contribution in [0.2, 0.25) is 0 Å². The summed E-state index contributed by atoms with van der Waals surface area (Å²) in [5, 5.41) is -0.932. The third-order valence-corrected chi connectivity index (χ3v) is 4.92. The average Bonchev–Trinajstić information content (AvgIpc) is 2.37. The van der Waals surface area contributed by atoms with Gasteiger partial charge in [-0.2, -0.15) is 8.42 Å². The Bertz CT molecular complexity index is 711. The molecular weight excluding hydrogens is 284 g/mol. The van der Waals surface area contributed by atoms with Crippen LogP contribution in [0.3, 0.4) is 0 Å². The minimum atomic E-state index is -4.16. The highest BCUT2D eigenvalue weighted by Crippen LogP contribution is 2.29. The number of hydrogen-bond acceptors (Lipinski definition) is 2. The van der Waals surface area contributed by atoms with E-state index in [1.54, 1.807) is 24.3 Å². The molecule has 0 aliphatic carbocycles. The van der Waals surface area contributed by atoms with Crippen LogP contribution in [-0.2, 0) is 16.5 Å². The maximum absolute atomic E-state index is 11.8. The van der Waals surface area contributed by atoms with Crippen LogP contribution >= 0.6 is 0 Å². The summed E-state index contributed by atoms with van der Waals surface area (Å²) < 4.78 is 33.2. The van der Waals surface area contributed by atoms with Gasteiger partial charge >= 0.3 is 0 Å². The fraction of sp³-hybridized carbons (Fsp3) is 0.294. The lowest BCUT2D eigenvalue weighted by molar-refractivity contribution is 0.467. The van der Waals surface area contributed by atoms with Crippen LogP contribution in [0.4, 0.5) is 0 Å². The van der Waals surface area contributed by atoms with Crippen LogP contribution in [0.1, 0.15) is 33.1 Å². The molecule has 0 amide bonds. The number of aryl methyl sites for hydroxylation is 3. The second-order valence-corrected chi connectivity index (χ2v) is 7.09. The molecule has 1 unspecified atom stereocenters. The molecule has 0 saturated heterocycles. The SMILES string of the molecule is Cc1cc(C)c(CC(c2ccccc2)S(=O)(=O)O)c(C)c1. The van der Waals surface area contributed by atoms with E-state index in [4.69, 9.17) is 0 Å². The third kappa shape index (κ3) is 3.71. The normalized spacial score (nSPS) is 13.1. The third-order valence-electron chi connectivity index (χ3n) is 3.76. The molecular formula is C17H20O3S. The summed E-state index contributed by atoms with van der Waals surface area (Å²) in [5.74, 6) is 0. The van der Waals surface area contributed by atoms with Gasteiger partial charge in [0, 0.05) is 0 Å². The Balaban J connectivity index is 2.47. The van der Waals surface area contributed by atoms with E-state index in [1.807, 2.05) is 39.0 Å². The number of benzene rings is 2. The van der Waals surface area contributed by atoms with E-state index in [1.165, 1.54) is 0 Å². The number of hydrogen-bond donors (Lipinski definition) is 1. The Morgan fingerprint density at radius 3 is 2.00 bits per heavy atom. The molecule has 2 aromatic carbocycles. The lowest BCUT2D eigenvalue weighted by Gasteiger charge is -2.18. The van der Waals surface area contributed by atoms with Crippen LogP contribution in [-0.4, -0.2) is 13.0 Å².